The molecule has 1 amide bonds. The van der Waals surface area contributed by atoms with Crippen molar-refractivity contribution < 1.29 is 23.1 Å². The third kappa shape index (κ3) is 3.82. The maximum Gasteiger partial charge on any atom is 0.322 e. The Morgan fingerprint density at radius 3 is 2.24 bits per heavy atom. The number of nitrogens with zero attached hydrogens (tertiary/aromatic N) is 1. The van der Waals surface area contributed by atoms with Crippen molar-refractivity contribution in [1.29, 1.82) is 0 Å². The molecular weight excluding hydrogens is 298 g/mol. The number of aromatic nitrogens is 1. The van der Waals surface area contributed by atoms with E-state index in [1.807, 2.05) is 0 Å². The quantitative estimate of drug-likeness (QED) is 0.698. The Labute approximate surface area is 123 Å². The summed E-state index contributed by atoms with van der Waals surface area (Å²) < 4.78 is 27.9. The van der Waals surface area contributed by atoms with E-state index in [0.717, 1.165) is 6.07 Å². The third-order valence-electron chi connectivity index (χ3n) is 2.93. The normalized spacial score (nSPS) is 13.9. The lowest BCUT2D eigenvalue weighted by Crippen LogP contribution is -2.48. The highest BCUT2D eigenvalue weighted by atomic mass is 32.2. The Kier molecular flexibility index (Phi) is 4.49. The molecule has 0 aliphatic heterocycles. The van der Waals surface area contributed by atoms with Gasteiger partial charge >= 0.3 is 5.97 Å². The summed E-state index contributed by atoms with van der Waals surface area (Å²) in [4.78, 5) is 22.2. The van der Waals surface area contributed by atoms with Crippen molar-refractivity contribution in [1.82, 2.24) is 9.29 Å². The predicted molar refractivity (Wildman–Crippen MR) is 75.1 cm³/mol. The van der Waals surface area contributed by atoms with Gasteiger partial charge in [-0.15, -0.1) is 0 Å². The first-order chi connectivity index (χ1) is 9.36. The second-order valence-corrected chi connectivity index (χ2v) is 7.51. The number of nitrogens with one attached hydrogen (secondary N) is 1. The highest BCUT2D eigenvalue weighted by molar-refractivity contribution is 7.89. The second kappa shape index (κ2) is 5.49. The van der Waals surface area contributed by atoms with Crippen molar-refractivity contribution >= 4 is 21.9 Å². The van der Waals surface area contributed by atoms with Crippen LogP contribution in [0.3, 0.4) is 0 Å². The van der Waals surface area contributed by atoms with Crippen molar-refractivity contribution in [2.75, 3.05) is 0 Å². The van der Waals surface area contributed by atoms with Crippen LogP contribution >= 0.6 is 0 Å². The number of primary amides is 1. The Hall–Kier alpha value is -1.87. The van der Waals surface area contributed by atoms with Gasteiger partial charge in [0.15, 0.2) is 0 Å². The standard InChI is InChI=1S/C12H19N3O5S/c1-12(2,3)9(11(17)18)14-21(19,20)7-5-8(10(13)16)15(4)6-7/h5-6,9,14H,1-4H3,(H2,13,16)(H,17,18). The molecule has 0 aromatic carbocycles. The number of nitrogens with two attached hydrogens (primary N) is 1. The molecule has 0 aliphatic rings. The van der Waals surface area contributed by atoms with Crippen LogP contribution in [-0.2, 0) is 21.9 Å². The van der Waals surface area contributed by atoms with Gasteiger partial charge in [-0.2, -0.15) is 4.72 Å². The zero-order valence-corrected chi connectivity index (χ0v) is 13.1. The number of hydrogen-bond donors (Lipinski definition) is 3. The number of sulfonamides is 1. The number of aryl methyl sites for hydroxylation is 1. The lowest BCUT2D eigenvalue weighted by molar-refractivity contribution is -0.141. The number of carboxylic acids is 1. The first kappa shape index (κ1) is 17.2. The molecule has 9 heteroatoms. The summed E-state index contributed by atoms with van der Waals surface area (Å²) >= 11 is 0. The van der Waals surface area contributed by atoms with Crippen LogP contribution in [0.2, 0.25) is 0 Å². The second-order valence-electron chi connectivity index (χ2n) is 5.79. The van der Waals surface area contributed by atoms with Crippen LogP contribution in [0, 0.1) is 5.41 Å². The Balaban J connectivity index is 3.20. The molecule has 0 saturated carbocycles. The maximum atomic E-state index is 12.2. The lowest BCUT2D eigenvalue weighted by Gasteiger charge is -2.27. The Morgan fingerprint density at radius 1 is 1.38 bits per heavy atom. The first-order valence-corrected chi connectivity index (χ1v) is 7.56. The first-order valence-electron chi connectivity index (χ1n) is 6.07. The van der Waals surface area contributed by atoms with Crippen molar-refractivity contribution in [2.45, 2.75) is 31.7 Å². The van der Waals surface area contributed by atoms with Gasteiger partial charge in [0.2, 0.25) is 10.0 Å². The minimum absolute atomic E-state index is 0.0120. The lowest BCUT2D eigenvalue weighted by atomic mass is 9.88. The van der Waals surface area contributed by atoms with Crippen LogP contribution in [0.25, 0.3) is 0 Å². The summed E-state index contributed by atoms with van der Waals surface area (Å²) in [5.41, 5.74) is 4.31. The van der Waals surface area contributed by atoms with Gasteiger partial charge in [-0.3, -0.25) is 9.59 Å². The van der Waals surface area contributed by atoms with E-state index in [2.05, 4.69) is 4.72 Å². The fourth-order valence-electron chi connectivity index (χ4n) is 1.75. The minimum atomic E-state index is -4.08. The highest BCUT2D eigenvalue weighted by Gasteiger charge is 2.35. The van der Waals surface area contributed by atoms with Gasteiger partial charge in [0.1, 0.15) is 16.6 Å². The van der Waals surface area contributed by atoms with E-state index in [9.17, 15) is 18.0 Å². The highest BCUT2D eigenvalue weighted by Crippen LogP contribution is 2.22. The predicted octanol–water partition coefficient (Wildman–Crippen LogP) is -0.0984. The summed E-state index contributed by atoms with van der Waals surface area (Å²) in [7, 11) is -2.61. The Morgan fingerprint density at radius 2 is 1.90 bits per heavy atom. The number of amides is 1. The van der Waals surface area contributed by atoms with Crippen molar-refractivity contribution in [3.8, 4) is 0 Å². The van der Waals surface area contributed by atoms with Crippen LogP contribution in [0.1, 0.15) is 31.3 Å². The van der Waals surface area contributed by atoms with E-state index < -0.39 is 33.4 Å². The topological polar surface area (TPSA) is 131 Å². The van der Waals surface area contributed by atoms with Crippen molar-refractivity contribution in [3.63, 3.8) is 0 Å². The van der Waals surface area contributed by atoms with Crippen LogP contribution in [-0.4, -0.2) is 36.0 Å². The summed E-state index contributed by atoms with van der Waals surface area (Å²) in [5.74, 6) is -2.05. The number of rotatable bonds is 5. The van der Waals surface area contributed by atoms with Gasteiger partial charge in [-0.05, 0) is 11.5 Å². The third-order valence-corrected chi connectivity index (χ3v) is 4.32. The zero-order chi connectivity index (χ0) is 16.6. The van der Waals surface area contributed by atoms with E-state index in [-0.39, 0.29) is 10.6 Å². The molecule has 118 valence electrons. The molecular formula is C12H19N3O5S. The maximum absolute atomic E-state index is 12.2. The van der Waals surface area contributed by atoms with Crippen molar-refractivity contribution in [2.24, 2.45) is 18.2 Å². The molecule has 0 bridgehead atoms. The van der Waals surface area contributed by atoms with Crippen LogP contribution in [0.15, 0.2) is 17.2 Å². The fourth-order valence-corrected chi connectivity index (χ4v) is 3.21. The molecule has 8 nitrogen and oxygen atoms in total. The average Bonchev–Trinajstić information content (AvgIpc) is 2.67. The monoisotopic (exact) mass is 317 g/mol. The van der Waals surface area contributed by atoms with Crippen LogP contribution in [0.4, 0.5) is 0 Å². The molecule has 0 fully saturated rings. The number of aliphatic carboxylic acids is 1. The van der Waals surface area contributed by atoms with Gasteiger partial charge in [0.25, 0.3) is 5.91 Å². The molecule has 0 radical (unpaired) electrons. The van der Waals surface area contributed by atoms with Crippen molar-refractivity contribution in [3.05, 3.63) is 18.0 Å². The largest absolute Gasteiger partial charge is 0.480 e. The summed E-state index contributed by atoms with van der Waals surface area (Å²) in [6.45, 7) is 4.82. The summed E-state index contributed by atoms with van der Waals surface area (Å²) in [5, 5.41) is 9.16. The van der Waals surface area contributed by atoms with Gasteiger partial charge in [0, 0.05) is 13.2 Å². The van der Waals surface area contributed by atoms with Gasteiger partial charge in [-0.1, -0.05) is 20.8 Å². The molecule has 1 atom stereocenters. The molecule has 1 aromatic heterocycles. The molecule has 0 saturated heterocycles. The number of carboxylic acid groups (broad SMARTS) is 1. The molecule has 1 heterocycles. The molecule has 4 N–H and O–H groups in total. The van der Waals surface area contributed by atoms with Crippen LogP contribution < -0.4 is 10.5 Å². The van der Waals surface area contributed by atoms with Crippen LogP contribution in [0.5, 0.6) is 0 Å². The number of carbonyl (C=O) groups is 2. The minimum Gasteiger partial charge on any atom is -0.480 e. The van der Waals surface area contributed by atoms with Gasteiger partial charge < -0.3 is 15.4 Å². The van der Waals surface area contributed by atoms with E-state index >= 15 is 0 Å². The molecule has 1 unspecified atom stereocenters. The Bertz CT molecular complexity index is 670. The smallest absolute Gasteiger partial charge is 0.322 e. The number of carbonyl (C=O) groups excluding carboxylic acids is 1. The number of hydrogen-bond acceptors (Lipinski definition) is 4. The molecule has 1 rings (SSSR count). The van der Waals surface area contributed by atoms with Gasteiger partial charge in [-0.25, -0.2) is 8.42 Å². The molecule has 0 spiro atoms. The zero-order valence-electron chi connectivity index (χ0n) is 12.2. The fraction of sp³-hybridized carbons (Fsp3) is 0.500. The van der Waals surface area contributed by atoms with E-state index in [4.69, 9.17) is 10.8 Å². The molecule has 0 aliphatic carbocycles. The SMILES string of the molecule is Cn1cc(S(=O)(=O)NC(C(=O)O)C(C)(C)C)cc1C(N)=O. The summed E-state index contributed by atoms with van der Waals surface area (Å²) in [6.07, 6.45) is 1.20. The molecule has 21 heavy (non-hydrogen) atoms. The van der Waals surface area contributed by atoms with Gasteiger partial charge in [0.05, 0.1) is 0 Å². The molecule has 1 aromatic rings. The average molecular weight is 317 g/mol. The van der Waals surface area contributed by atoms with E-state index in [1.165, 1.54) is 17.8 Å². The van der Waals surface area contributed by atoms with E-state index in [0.29, 0.717) is 0 Å². The van der Waals surface area contributed by atoms with E-state index in [1.54, 1.807) is 20.8 Å². The summed E-state index contributed by atoms with van der Waals surface area (Å²) in [6, 6.07) is -0.202.